The Morgan fingerprint density at radius 2 is 2.00 bits per heavy atom. The minimum Gasteiger partial charge on any atom is -0.493 e. The summed E-state index contributed by atoms with van der Waals surface area (Å²) in [7, 11) is 0. The minimum atomic E-state index is -0.458. The van der Waals surface area contributed by atoms with E-state index in [4.69, 9.17) is 4.74 Å². The van der Waals surface area contributed by atoms with E-state index in [1.165, 1.54) is 30.5 Å². The van der Waals surface area contributed by atoms with E-state index in [2.05, 4.69) is 4.98 Å². The van der Waals surface area contributed by atoms with Crippen LogP contribution in [0.4, 0.5) is 8.78 Å². The number of halogens is 2. The van der Waals surface area contributed by atoms with Gasteiger partial charge >= 0.3 is 0 Å². The van der Waals surface area contributed by atoms with Crippen LogP contribution in [0.5, 0.6) is 5.75 Å². The van der Waals surface area contributed by atoms with Crippen molar-refractivity contribution in [1.29, 1.82) is 0 Å². The second-order valence-electron chi connectivity index (χ2n) is 3.43. The summed E-state index contributed by atoms with van der Waals surface area (Å²) in [5.41, 5.74) is 0.872. The standard InChI is InChI=1S/C13H11F2NO/c1-2-17-13-7-9(14)3-4-11(13)10-5-6-16-8-12(10)15/h3-8H,2H2,1H3. The van der Waals surface area contributed by atoms with Crippen molar-refractivity contribution in [2.45, 2.75) is 6.92 Å². The molecule has 2 aromatic rings. The van der Waals surface area contributed by atoms with Gasteiger partial charge in [-0.2, -0.15) is 0 Å². The summed E-state index contributed by atoms with van der Waals surface area (Å²) in [6, 6.07) is 5.56. The van der Waals surface area contributed by atoms with E-state index in [-0.39, 0.29) is 0 Å². The van der Waals surface area contributed by atoms with Gasteiger partial charge in [0, 0.05) is 23.4 Å². The molecule has 2 nitrogen and oxygen atoms in total. The molecule has 1 aromatic heterocycles. The quantitative estimate of drug-likeness (QED) is 0.813. The maximum Gasteiger partial charge on any atom is 0.149 e. The molecule has 0 atom stereocenters. The smallest absolute Gasteiger partial charge is 0.149 e. The highest BCUT2D eigenvalue weighted by Crippen LogP contribution is 2.32. The Morgan fingerprint density at radius 3 is 2.71 bits per heavy atom. The lowest BCUT2D eigenvalue weighted by Gasteiger charge is -2.10. The number of nitrogens with zero attached hydrogens (tertiary/aromatic N) is 1. The lowest BCUT2D eigenvalue weighted by molar-refractivity contribution is 0.339. The van der Waals surface area contributed by atoms with Crippen molar-refractivity contribution in [3.63, 3.8) is 0 Å². The van der Waals surface area contributed by atoms with Gasteiger partial charge in [0.05, 0.1) is 12.8 Å². The number of pyridine rings is 1. The van der Waals surface area contributed by atoms with Crippen LogP contribution in [0.1, 0.15) is 6.92 Å². The molecule has 4 heteroatoms. The average molecular weight is 235 g/mol. The van der Waals surface area contributed by atoms with E-state index >= 15 is 0 Å². The Morgan fingerprint density at radius 1 is 1.18 bits per heavy atom. The lowest BCUT2D eigenvalue weighted by Crippen LogP contribution is -1.96. The zero-order valence-corrected chi connectivity index (χ0v) is 9.28. The van der Waals surface area contributed by atoms with Crippen molar-refractivity contribution in [2.75, 3.05) is 6.61 Å². The Labute approximate surface area is 97.9 Å². The van der Waals surface area contributed by atoms with Gasteiger partial charge in [-0.3, -0.25) is 4.98 Å². The normalized spacial score (nSPS) is 10.3. The van der Waals surface area contributed by atoms with Gasteiger partial charge in [-0.1, -0.05) is 0 Å². The first-order chi connectivity index (χ1) is 8.22. The first kappa shape index (κ1) is 11.5. The van der Waals surface area contributed by atoms with E-state index in [1.807, 2.05) is 0 Å². The van der Waals surface area contributed by atoms with Crippen LogP contribution in [0, 0.1) is 11.6 Å². The molecule has 0 aliphatic heterocycles. The highest BCUT2D eigenvalue weighted by molar-refractivity contribution is 5.70. The average Bonchev–Trinajstić information content (AvgIpc) is 2.31. The largest absolute Gasteiger partial charge is 0.493 e. The predicted molar refractivity (Wildman–Crippen MR) is 60.8 cm³/mol. The fourth-order valence-electron chi connectivity index (χ4n) is 1.59. The summed E-state index contributed by atoms with van der Waals surface area (Å²) in [6.07, 6.45) is 2.60. The molecule has 17 heavy (non-hydrogen) atoms. The van der Waals surface area contributed by atoms with E-state index in [0.29, 0.717) is 23.5 Å². The maximum absolute atomic E-state index is 13.6. The number of benzene rings is 1. The molecular formula is C13H11F2NO. The molecule has 0 spiro atoms. The number of aromatic nitrogens is 1. The summed E-state index contributed by atoms with van der Waals surface area (Å²) in [5, 5.41) is 0. The van der Waals surface area contributed by atoms with Gasteiger partial charge in [-0.05, 0) is 25.1 Å². The fraction of sp³-hybridized carbons (Fsp3) is 0.154. The van der Waals surface area contributed by atoms with Crippen LogP contribution < -0.4 is 4.74 Å². The monoisotopic (exact) mass is 235 g/mol. The topological polar surface area (TPSA) is 22.1 Å². The van der Waals surface area contributed by atoms with E-state index in [0.717, 1.165) is 6.20 Å². The zero-order valence-electron chi connectivity index (χ0n) is 9.28. The molecule has 0 bridgehead atoms. The molecule has 1 aromatic carbocycles. The van der Waals surface area contributed by atoms with Crippen LogP contribution in [-0.2, 0) is 0 Å². The zero-order chi connectivity index (χ0) is 12.3. The van der Waals surface area contributed by atoms with Crippen molar-refractivity contribution in [3.8, 4) is 16.9 Å². The SMILES string of the molecule is CCOc1cc(F)ccc1-c1ccncc1F. The van der Waals surface area contributed by atoms with E-state index < -0.39 is 11.6 Å². The third-order valence-corrected chi connectivity index (χ3v) is 2.31. The van der Waals surface area contributed by atoms with Crippen LogP contribution >= 0.6 is 0 Å². The molecule has 88 valence electrons. The molecule has 1 heterocycles. The number of rotatable bonds is 3. The third-order valence-electron chi connectivity index (χ3n) is 2.31. The Hall–Kier alpha value is -1.97. The van der Waals surface area contributed by atoms with Crippen molar-refractivity contribution in [1.82, 2.24) is 4.98 Å². The number of hydrogen-bond acceptors (Lipinski definition) is 2. The van der Waals surface area contributed by atoms with Crippen LogP contribution in [0.3, 0.4) is 0 Å². The molecule has 0 aliphatic carbocycles. The van der Waals surface area contributed by atoms with Crippen molar-refractivity contribution >= 4 is 0 Å². The van der Waals surface area contributed by atoms with Crippen molar-refractivity contribution in [3.05, 3.63) is 48.3 Å². The molecule has 2 rings (SSSR count). The molecule has 0 amide bonds. The molecule has 0 N–H and O–H groups in total. The summed E-state index contributed by atoms with van der Waals surface area (Å²) in [4.78, 5) is 3.67. The van der Waals surface area contributed by atoms with Crippen LogP contribution in [-0.4, -0.2) is 11.6 Å². The molecule has 0 saturated carbocycles. The highest BCUT2D eigenvalue weighted by atomic mass is 19.1. The second-order valence-corrected chi connectivity index (χ2v) is 3.43. The Balaban J connectivity index is 2.55. The van der Waals surface area contributed by atoms with Gasteiger partial charge in [0.1, 0.15) is 17.4 Å². The van der Waals surface area contributed by atoms with Gasteiger partial charge in [0.25, 0.3) is 0 Å². The molecule has 0 saturated heterocycles. The van der Waals surface area contributed by atoms with E-state index in [9.17, 15) is 8.78 Å². The predicted octanol–water partition coefficient (Wildman–Crippen LogP) is 3.43. The fourth-order valence-corrected chi connectivity index (χ4v) is 1.59. The molecule has 0 aliphatic rings. The molecular weight excluding hydrogens is 224 g/mol. The van der Waals surface area contributed by atoms with Gasteiger partial charge < -0.3 is 4.74 Å². The van der Waals surface area contributed by atoms with Gasteiger partial charge in [0.15, 0.2) is 0 Å². The van der Waals surface area contributed by atoms with Gasteiger partial charge in [0.2, 0.25) is 0 Å². The molecule has 0 unspecified atom stereocenters. The van der Waals surface area contributed by atoms with Crippen LogP contribution in [0.25, 0.3) is 11.1 Å². The third kappa shape index (κ3) is 2.41. The first-order valence-electron chi connectivity index (χ1n) is 5.24. The summed E-state index contributed by atoms with van der Waals surface area (Å²) in [5.74, 6) is -0.538. The Bertz CT molecular complexity index is 529. The highest BCUT2D eigenvalue weighted by Gasteiger charge is 2.11. The van der Waals surface area contributed by atoms with Gasteiger partial charge in [-0.25, -0.2) is 8.78 Å². The maximum atomic E-state index is 13.6. The summed E-state index contributed by atoms with van der Waals surface area (Å²) < 4.78 is 32.0. The minimum absolute atomic E-state index is 0.331. The van der Waals surface area contributed by atoms with Crippen LogP contribution in [0.2, 0.25) is 0 Å². The second kappa shape index (κ2) is 4.91. The molecule has 0 fully saturated rings. The van der Waals surface area contributed by atoms with Crippen molar-refractivity contribution < 1.29 is 13.5 Å². The number of ether oxygens (including phenoxy) is 1. The molecule has 0 radical (unpaired) electrons. The number of hydrogen-bond donors (Lipinski definition) is 0. The first-order valence-corrected chi connectivity index (χ1v) is 5.24. The lowest BCUT2D eigenvalue weighted by atomic mass is 10.1. The van der Waals surface area contributed by atoms with Crippen LogP contribution in [0.15, 0.2) is 36.7 Å². The van der Waals surface area contributed by atoms with E-state index in [1.54, 1.807) is 6.92 Å². The van der Waals surface area contributed by atoms with Gasteiger partial charge in [-0.15, -0.1) is 0 Å². The van der Waals surface area contributed by atoms with Crippen molar-refractivity contribution in [2.24, 2.45) is 0 Å². The summed E-state index contributed by atoms with van der Waals surface area (Å²) in [6.45, 7) is 2.18. The summed E-state index contributed by atoms with van der Waals surface area (Å²) >= 11 is 0. The Kier molecular flexibility index (Phi) is 3.32.